The van der Waals surface area contributed by atoms with E-state index < -0.39 is 9.84 Å². The van der Waals surface area contributed by atoms with Crippen LogP contribution in [0.5, 0.6) is 0 Å². The standard InChI is InChI=1S/C9H18N2O3S/c1-3-11(2)6-9(12)10-8-4-5-15(13,14)7-8/h8H,3-7H2,1-2H3,(H,10,12). The highest BCUT2D eigenvalue weighted by Gasteiger charge is 2.28. The van der Waals surface area contributed by atoms with Crippen LogP contribution in [-0.4, -0.2) is 56.9 Å². The Labute approximate surface area is 90.7 Å². The molecule has 1 atom stereocenters. The summed E-state index contributed by atoms with van der Waals surface area (Å²) in [6.07, 6.45) is 0.546. The zero-order valence-electron chi connectivity index (χ0n) is 9.19. The molecular weight excluding hydrogens is 216 g/mol. The number of nitrogens with zero attached hydrogens (tertiary/aromatic N) is 1. The van der Waals surface area contributed by atoms with Crippen molar-refractivity contribution in [2.24, 2.45) is 0 Å². The SMILES string of the molecule is CCN(C)CC(=O)NC1CCS(=O)(=O)C1. The normalized spacial score (nSPS) is 24.3. The van der Waals surface area contributed by atoms with Crippen molar-refractivity contribution in [3.8, 4) is 0 Å². The molecule has 5 nitrogen and oxygen atoms in total. The number of amides is 1. The van der Waals surface area contributed by atoms with E-state index in [4.69, 9.17) is 0 Å². The number of hydrogen-bond donors (Lipinski definition) is 1. The number of hydrogen-bond acceptors (Lipinski definition) is 4. The first-order valence-corrected chi connectivity index (χ1v) is 6.93. The van der Waals surface area contributed by atoms with E-state index >= 15 is 0 Å². The van der Waals surface area contributed by atoms with Crippen molar-refractivity contribution in [1.29, 1.82) is 0 Å². The van der Waals surface area contributed by atoms with E-state index in [1.807, 2.05) is 18.9 Å². The van der Waals surface area contributed by atoms with E-state index in [0.29, 0.717) is 13.0 Å². The predicted molar refractivity (Wildman–Crippen MR) is 58.4 cm³/mol. The lowest BCUT2D eigenvalue weighted by atomic mass is 10.2. The zero-order valence-corrected chi connectivity index (χ0v) is 10.0. The van der Waals surface area contributed by atoms with E-state index in [0.717, 1.165) is 6.54 Å². The Morgan fingerprint density at radius 2 is 2.20 bits per heavy atom. The minimum absolute atomic E-state index is 0.0918. The molecule has 0 aromatic carbocycles. The van der Waals surface area contributed by atoms with E-state index in [1.165, 1.54) is 0 Å². The van der Waals surface area contributed by atoms with Crippen molar-refractivity contribution >= 4 is 15.7 Å². The third-order valence-electron chi connectivity index (χ3n) is 2.55. The molecule has 1 aliphatic heterocycles. The summed E-state index contributed by atoms with van der Waals surface area (Å²) in [6, 6.07) is -0.187. The van der Waals surface area contributed by atoms with Crippen LogP contribution >= 0.6 is 0 Å². The van der Waals surface area contributed by atoms with Gasteiger partial charge in [0.05, 0.1) is 18.1 Å². The molecule has 0 bridgehead atoms. The Kier molecular flexibility index (Phi) is 4.10. The predicted octanol–water partition coefficient (Wildman–Crippen LogP) is -0.759. The van der Waals surface area contributed by atoms with Gasteiger partial charge in [0, 0.05) is 6.04 Å². The van der Waals surface area contributed by atoms with Crippen LogP contribution in [0.15, 0.2) is 0 Å². The molecule has 0 saturated carbocycles. The Balaban J connectivity index is 2.34. The molecule has 1 N–H and O–H groups in total. The number of nitrogens with one attached hydrogen (secondary N) is 1. The van der Waals surface area contributed by atoms with Crippen LogP contribution in [0.4, 0.5) is 0 Å². The first kappa shape index (κ1) is 12.4. The highest BCUT2D eigenvalue weighted by Crippen LogP contribution is 2.10. The Hall–Kier alpha value is -0.620. The Morgan fingerprint density at radius 1 is 1.53 bits per heavy atom. The number of likely N-dealkylation sites (N-methyl/N-ethyl adjacent to an activating group) is 1. The molecule has 88 valence electrons. The molecule has 1 saturated heterocycles. The van der Waals surface area contributed by atoms with Crippen molar-refractivity contribution in [2.75, 3.05) is 31.6 Å². The number of carbonyl (C=O) groups is 1. The minimum Gasteiger partial charge on any atom is -0.351 e. The quantitative estimate of drug-likeness (QED) is 0.694. The molecule has 1 amide bonds. The van der Waals surface area contributed by atoms with Crippen LogP contribution in [0.3, 0.4) is 0 Å². The molecule has 6 heteroatoms. The van der Waals surface area contributed by atoms with Crippen molar-refractivity contribution < 1.29 is 13.2 Å². The van der Waals surface area contributed by atoms with E-state index in [1.54, 1.807) is 0 Å². The van der Waals surface area contributed by atoms with Crippen molar-refractivity contribution in [3.63, 3.8) is 0 Å². The molecule has 0 spiro atoms. The fourth-order valence-corrected chi connectivity index (χ4v) is 3.21. The average Bonchev–Trinajstić information content (AvgIpc) is 2.44. The summed E-state index contributed by atoms with van der Waals surface area (Å²) in [4.78, 5) is 13.3. The van der Waals surface area contributed by atoms with E-state index in [2.05, 4.69) is 5.32 Å². The molecular formula is C9H18N2O3S. The molecule has 1 fully saturated rings. The lowest BCUT2D eigenvalue weighted by Crippen LogP contribution is -2.41. The van der Waals surface area contributed by atoms with Crippen molar-refractivity contribution in [2.45, 2.75) is 19.4 Å². The zero-order chi connectivity index (χ0) is 11.5. The van der Waals surface area contributed by atoms with Gasteiger partial charge in [-0.3, -0.25) is 9.69 Å². The summed E-state index contributed by atoms with van der Waals surface area (Å²) in [5.74, 6) is 0.192. The molecule has 1 rings (SSSR count). The third kappa shape index (κ3) is 4.17. The summed E-state index contributed by atoms with van der Waals surface area (Å²) in [5.41, 5.74) is 0. The fourth-order valence-electron chi connectivity index (χ4n) is 1.54. The second-order valence-corrected chi connectivity index (χ2v) is 6.23. The number of rotatable bonds is 4. The number of carbonyl (C=O) groups excluding carboxylic acids is 1. The smallest absolute Gasteiger partial charge is 0.234 e. The topological polar surface area (TPSA) is 66.5 Å². The van der Waals surface area contributed by atoms with Crippen LogP contribution in [0.1, 0.15) is 13.3 Å². The molecule has 0 radical (unpaired) electrons. The summed E-state index contributed by atoms with van der Waals surface area (Å²) in [5, 5.41) is 2.74. The summed E-state index contributed by atoms with van der Waals surface area (Å²) in [7, 11) is -1.05. The maximum atomic E-state index is 11.4. The largest absolute Gasteiger partial charge is 0.351 e. The fraction of sp³-hybridized carbons (Fsp3) is 0.889. The van der Waals surface area contributed by atoms with Gasteiger partial charge in [0.15, 0.2) is 9.84 Å². The maximum absolute atomic E-state index is 11.4. The molecule has 1 heterocycles. The molecule has 0 aliphatic carbocycles. The van der Waals surface area contributed by atoms with Gasteiger partial charge < -0.3 is 5.32 Å². The van der Waals surface area contributed by atoms with Crippen LogP contribution < -0.4 is 5.32 Å². The van der Waals surface area contributed by atoms with Gasteiger partial charge >= 0.3 is 0 Å². The first-order valence-electron chi connectivity index (χ1n) is 5.11. The monoisotopic (exact) mass is 234 g/mol. The Morgan fingerprint density at radius 3 is 2.67 bits per heavy atom. The van der Waals surface area contributed by atoms with Crippen molar-refractivity contribution in [1.82, 2.24) is 10.2 Å². The van der Waals surface area contributed by atoms with Gasteiger partial charge in [-0.05, 0) is 20.0 Å². The third-order valence-corrected chi connectivity index (χ3v) is 4.32. The van der Waals surface area contributed by atoms with Crippen LogP contribution in [0.2, 0.25) is 0 Å². The van der Waals surface area contributed by atoms with Gasteiger partial charge in [-0.15, -0.1) is 0 Å². The summed E-state index contributed by atoms with van der Waals surface area (Å²) >= 11 is 0. The van der Waals surface area contributed by atoms with Crippen LogP contribution in [0.25, 0.3) is 0 Å². The van der Waals surface area contributed by atoms with E-state index in [9.17, 15) is 13.2 Å². The first-order chi connectivity index (χ1) is 6.93. The molecule has 0 aromatic rings. The van der Waals surface area contributed by atoms with Crippen LogP contribution in [-0.2, 0) is 14.6 Å². The Bertz CT molecular complexity index is 326. The van der Waals surface area contributed by atoms with Gasteiger partial charge in [-0.1, -0.05) is 6.92 Å². The van der Waals surface area contributed by atoms with Gasteiger partial charge in [0.1, 0.15) is 0 Å². The van der Waals surface area contributed by atoms with Gasteiger partial charge in [0.2, 0.25) is 5.91 Å². The second-order valence-electron chi connectivity index (χ2n) is 4.00. The second kappa shape index (κ2) is 4.94. The van der Waals surface area contributed by atoms with Crippen molar-refractivity contribution in [3.05, 3.63) is 0 Å². The number of sulfone groups is 1. The lowest BCUT2D eigenvalue weighted by molar-refractivity contribution is -0.122. The molecule has 1 unspecified atom stereocenters. The summed E-state index contributed by atoms with van der Waals surface area (Å²) in [6.45, 7) is 3.09. The highest BCUT2D eigenvalue weighted by atomic mass is 32.2. The molecule has 0 aromatic heterocycles. The van der Waals surface area contributed by atoms with E-state index in [-0.39, 0.29) is 23.5 Å². The average molecular weight is 234 g/mol. The molecule has 1 aliphatic rings. The maximum Gasteiger partial charge on any atom is 0.234 e. The van der Waals surface area contributed by atoms with Gasteiger partial charge in [-0.2, -0.15) is 0 Å². The van der Waals surface area contributed by atoms with Gasteiger partial charge in [0.25, 0.3) is 0 Å². The lowest BCUT2D eigenvalue weighted by Gasteiger charge is -2.16. The highest BCUT2D eigenvalue weighted by molar-refractivity contribution is 7.91. The van der Waals surface area contributed by atoms with Gasteiger partial charge in [-0.25, -0.2) is 8.42 Å². The minimum atomic E-state index is -2.90. The van der Waals surface area contributed by atoms with Crippen LogP contribution in [0, 0.1) is 0 Å². The molecule has 15 heavy (non-hydrogen) atoms. The summed E-state index contributed by atoms with van der Waals surface area (Å²) < 4.78 is 22.3.